The van der Waals surface area contributed by atoms with Crippen LogP contribution in [-0.4, -0.2) is 59.4 Å². The smallest absolute Gasteiger partial charge is 0.257 e. The van der Waals surface area contributed by atoms with Crippen molar-refractivity contribution in [2.24, 2.45) is 0 Å². The Morgan fingerprint density at radius 3 is 2.74 bits per heavy atom. The van der Waals surface area contributed by atoms with Gasteiger partial charge in [-0.2, -0.15) is 0 Å². The molecule has 7 nitrogen and oxygen atoms in total. The van der Waals surface area contributed by atoms with Crippen molar-refractivity contribution in [3.8, 4) is 5.75 Å². The number of anilines is 1. The van der Waals surface area contributed by atoms with Gasteiger partial charge in [0.1, 0.15) is 5.75 Å². The molecule has 0 spiro atoms. The molecule has 1 amide bonds. The van der Waals surface area contributed by atoms with E-state index in [0.717, 1.165) is 72.4 Å². The van der Waals surface area contributed by atoms with Crippen LogP contribution in [0.1, 0.15) is 36.6 Å². The van der Waals surface area contributed by atoms with Crippen LogP contribution in [0.25, 0.3) is 0 Å². The number of para-hydroxylation sites is 2. The SMILES string of the molecule is COc1ccccc1N1CCN(C(=O)CC2CSc3nc4c(c(=O)n32)CCCC4)CC1. The van der Waals surface area contributed by atoms with Crippen LogP contribution >= 0.6 is 11.8 Å². The van der Waals surface area contributed by atoms with Gasteiger partial charge in [-0.1, -0.05) is 23.9 Å². The number of ether oxygens (including phenoxy) is 1. The number of aromatic nitrogens is 2. The lowest BCUT2D eigenvalue weighted by atomic mass is 9.97. The van der Waals surface area contributed by atoms with E-state index in [0.29, 0.717) is 19.5 Å². The normalized spacial score (nSPS) is 20.4. The summed E-state index contributed by atoms with van der Waals surface area (Å²) in [5.74, 6) is 1.73. The topological polar surface area (TPSA) is 67.7 Å². The monoisotopic (exact) mass is 440 g/mol. The van der Waals surface area contributed by atoms with Gasteiger partial charge in [0.05, 0.1) is 24.5 Å². The number of fused-ring (bicyclic) bond motifs is 2. The molecule has 1 unspecified atom stereocenters. The van der Waals surface area contributed by atoms with E-state index in [9.17, 15) is 9.59 Å². The van der Waals surface area contributed by atoms with Gasteiger partial charge in [-0.05, 0) is 37.8 Å². The Morgan fingerprint density at radius 2 is 1.94 bits per heavy atom. The Balaban J connectivity index is 1.25. The summed E-state index contributed by atoms with van der Waals surface area (Å²) < 4.78 is 7.29. The minimum atomic E-state index is -0.0908. The second kappa shape index (κ2) is 8.57. The van der Waals surface area contributed by atoms with E-state index in [1.165, 1.54) is 0 Å². The van der Waals surface area contributed by atoms with Crippen molar-refractivity contribution in [1.82, 2.24) is 14.5 Å². The van der Waals surface area contributed by atoms with Crippen LogP contribution < -0.4 is 15.2 Å². The van der Waals surface area contributed by atoms with Crippen molar-refractivity contribution in [2.45, 2.75) is 43.3 Å². The first kappa shape index (κ1) is 20.4. The summed E-state index contributed by atoms with van der Waals surface area (Å²) in [5.41, 5.74) is 3.01. The van der Waals surface area contributed by atoms with Gasteiger partial charge in [0.15, 0.2) is 5.16 Å². The standard InChI is InChI=1S/C23H28N4O3S/c1-30-20-9-5-4-8-19(20)25-10-12-26(13-11-25)21(28)14-16-15-31-23-24-18-7-3-2-6-17(18)22(29)27(16)23/h4-5,8-9,16H,2-3,6-7,10-15H2,1H3. The zero-order chi connectivity index (χ0) is 21.4. The van der Waals surface area contributed by atoms with Gasteiger partial charge >= 0.3 is 0 Å². The Labute approximate surface area is 186 Å². The fourth-order valence-electron chi connectivity index (χ4n) is 4.88. The van der Waals surface area contributed by atoms with Crippen molar-refractivity contribution in [2.75, 3.05) is 43.9 Å². The summed E-state index contributed by atoms with van der Waals surface area (Å²) in [7, 11) is 1.68. The predicted octanol–water partition coefficient (Wildman–Crippen LogP) is 2.52. The first-order valence-corrected chi connectivity index (χ1v) is 12.1. The fourth-order valence-corrected chi connectivity index (χ4v) is 6.04. The molecule has 8 heteroatoms. The molecule has 1 fully saturated rings. The van der Waals surface area contributed by atoms with Crippen LogP contribution in [-0.2, 0) is 17.6 Å². The zero-order valence-corrected chi connectivity index (χ0v) is 18.7. The molecular formula is C23H28N4O3S. The molecule has 1 aromatic carbocycles. The average molecular weight is 441 g/mol. The van der Waals surface area contributed by atoms with Gasteiger partial charge in [0.25, 0.3) is 5.56 Å². The van der Waals surface area contributed by atoms with Gasteiger partial charge < -0.3 is 14.5 Å². The van der Waals surface area contributed by atoms with Gasteiger partial charge in [0.2, 0.25) is 5.91 Å². The summed E-state index contributed by atoms with van der Waals surface area (Å²) in [4.78, 5) is 35.1. The van der Waals surface area contributed by atoms with Crippen molar-refractivity contribution in [3.05, 3.63) is 45.9 Å². The highest BCUT2D eigenvalue weighted by Gasteiger charge is 2.32. The Bertz CT molecular complexity index is 1050. The number of nitrogens with zero attached hydrogens (tertiary/aromatic N) is 4. The Kier molecular flexibility index (Phi) is 5.65. The number of benzene rings is 1. The summed E-state index contributed by atoms with van der Waals surface area (Å²) in [6.45, 7) is 2.91. The molecule has 0 bridgehead atoms. The lowest BCUT2D eigenvalue weighted by molar-refractivity contribution is -0.132. The van der Waals surface area contributed by atoms with E-state index in [1.807, 2.05) is 23.1 Å². The van der Waals surface area contributed by atoms with E-state index in [1.54, 1.807) is 23.4 Å². The maximum atomic E-state index is 13.1. The number of hydrogen-bond donors (Lipinski definition) is 0. The summed E-state index contributed by atoms with van der Waals surface area (Å²) >= 11 is 1.61. The molecule has 1 aromatic heterocycles. The fraction of sp³-hybridized carbons (Fsp3) is 0.522. The minimum absolute atomic E-state index is 0.0866. The van der Waals surface area contributed by atoms with Crippen LogP contribution in [0.2, 0.25) is 0 Å². The molecule has 2 aliphatic heterocycles. The molecule has 2 aromatic rings. The second-order valence-electron chi connectivity index (χ2n) is 8.41. The van der Waals surface area contributed by atoms with Gasteiger partial charge in [0, 0.05) is 43.9 Å². The van der Waals surface area contributed by atoms with Crippen molar-refractivity contribution in [1.29, 1.82) is 0 Å². The van der Waals surface area contributed by atoms with Crippen LogP contribution in [0.4, 0.5) is 5.69 Å². The van der Waals surface area contributed by atoms with Crippen molar-refractivity contribution >= 4 is 23.4 Å². The van der Waals surface area contributed by atoms with E-state index in [-0.39, 0.29) is 17.5 Å². The minimum Gasteiger partial charge on any atom is -0.495 e. The molecular weight excluding hydrogens is 412 g/mol. The number of hydrogen-bond acceptors (Lipinski definition) is 6. The van der Waals surface area contributed by atoms with E-state index < -0.39 is 0 Å². The van der Waals surface area contributed by atoms with Gasteiger partial charge in [-0.3, -0.25) is 14.2 Å². The second-order valence-corrected chi connectivity index (χ2v) is 9.40. The number of amides is 1. The Morgan fingerprint density at radius 1 is 1.16 bits per heavy atom. The molecule has 31 heavy (non-hydrogen) atoms. The van der Waals surface area contributed by atoms with E-state index in [2.05, 4.69) is 11.0 Å². The van der Waals surface area contributed by atoms with Crippen LogP contribution in [0, 0.1) is 0 Å². The number of piperazine rings is 1. The number of methoxy groups -OCH3 is 1. The lowest BCUT2D eigenvalue weighted by Crippen LogP contribution is -2.49. The Hall–Kier alpha value is -2.48. The van der Waals surface area contributed by atoms with E-state index >= 15 is 0 Å². The molecule has 0 N–H and O–H groups in total. The van der Waals surface area contributed by atoms with Crippen molar-refractivity contribution < 1.29 is 9.53 Å². The quantitative estimate of drug-likeness (QED) is 0.681. The summed E-state index contributed by atoms with van der Waals surface area (Å²) in [6.07, 6.45) is 4.25. The van der Waals surface area contributed by atoms with E-state index in [4.69, 9.17) is 9.72 Å². The lowest BCUT2D eigenvalue weighted by Gasteiger charge is -2.37. The molecule has 1 aliphatic carbocycles. The third kappa shape index (κ3) is 3.82. The van der Waals surface area contributed by atoms with Crippen LogP contribution in [0.5, 0.6) is 5.75 Å². The van der Waals surface area contributed by atoms with Gasteiger partial charge in [-0.25, -0.2) is 4.98 Å². The highest BCUT2D eigenvalue weighted by Crippen LogP contribution is 2.34. The number of rotatable bonds is 4. The molecule has 1 saturated heterocycles. The molecule has 3 heterocycles. The zero-order valence-electron chi connectivity index (χ0n) is 17.9. The number of aryl methyl sites for hydroxylation is 1. The maximum Gasteiger partial charge on any atom is 0.257 e. The summed E-state index contributed by atoms with van der Waals surface area (Å²) in [5, 5.41) is 0.796. The largest absolute Gasteiger partial charge is 0.495 e. The molecule has 3 aliphatic rings. The molecule has 5 rings (SSSR count). The molecule has 0 saturated carbocycles. The first-order chi connectivity index (χ1) is 15.2. The number of thioether (sulfide) groups is 1. The van der Waals surface area contributed by atoms with Gasteiger partial charge in [-0.15, -0.1) is 0 Å². The molecule has 164 valence electrons. The van der Waals surface area contributed by atoms with Crippen LogP contribution in [0.3, 0.4) is 0 Å². The first-order valence-electron chi connectivity index (χ1n) is 11.1. The highest BCUT2D eigenvalue weighted by molar-refractivity contribution is 7.99. The average Bonchev–Trinajstić information content (AvgIpc) is 3.22. The highest BCUT2D eigenvalue weighted by atomic mass is 32.2. The molecule has 1 atom stereocenters. The summed E-state index contributed by atoms with van der Waals surface area (Å²) in [6, 6.07) is 7.91. The molecule has 0 radical (unpaired) electrons. The maximum absolute atomic E-state index is 13.1. The van der Waals surface area contributed by atoms with Crippen LogP contribution in [0.15, 0.2) is 34.2 Å². The third-order valence-electron chi connectivity index (χ3n) is 6.59. The predicted molar refractivity (Wildman–Crippen MR) is 121 cm³/mol. The van der Waals surface area contributed by atoms with Crippen molar-refractivity contribution in [3.63, 3.8) is 0 Å². The third-order valence-corrected chi connectivity index (χ3v) is 7.69. The number of carbonyl (C=O) groups is 1. The number of carbonyl (C=O) groups excluding carboxylic acids is 1.